The normalized spacial score (nSPS) is 10.6. The zero-order valence-electron chi connectivity index (χ0n) is 15.4. The van der Waals surface area contributed by atoms with Gasteiger partial charge in [-0.05, 0) is 64.5 Å². The van der Waals surface area contributed by atoms with Crippen molar-refractivity contribution in [2.75, 3.05) is 0 Å². The molecule has 2 amide bonds. The molecule has 0 spiro atoms. The Morgan fingerprint density at radius 2 is 1.50 bits per heavy atom. The molecule has 4 rings (SSSR count). The molecule has 0 fully saturated rings. The fourth-order valence-electron chi connectivity index (χ4n) is 2.89. The molecule has 0 aliphatic heterocycles. The quantitative estimate of drug-likeness (QED) is 0.449. The van der Waals surface area contributed by atoms with Crippen LogP contribution in [0.2, 0.25) is 0 Å². The highest BCUT2D eigenvalue weighted by atomic mass is 79.9. The van der Waals surface area contributed by atoms with Gasteiger partial charge in [-0.15, -0.1) is 0 Å². The monoisotopic (exact) mass is 467 g/mol. The van der Waals surface area contributed by atoms with Crippen molar-refractivity contribution in [2.24, 2.45) is 0 Å². The summed E-state index contributed by atoms with van der Waals surface area (Å²) in [4.78, 5) is 25.2. The SMILES string of the molecule is O=C(NNC(=O)c1cnn(-c2ccc(F)cc2)c1-n1cccc1)c1ccccc1Br. The van der Waals surface area contributed by atoms with Crippen LogP contribution in [0.15, 0.2) is 83.7 Å². The van der Waals surface area contributed by atoms with Gasteiger partial charge in [-0.2, -0.15) is 5.10 Å². The number of hydrogen-bond donors (Lipinski definition) is 2. The molecular formula is C21H15BrFN5O2. The summed E-state index contributed by atoms with van der Waals surface area (Å²) in [7, 11) is 0. The van der Waals surface area contributed by atoms with Crippen LogP contribution in [-0.2, 0) is 0 Å². The van der Waals surface area contributed by atoms with Crippen LogP contribution in [-0.4, -0.2) is 26.2 Å². The third-order valence-electron chi connectivity index (χ3n) is 4.32. The molecule has 2 N–H and O–H groups in total. The van der Waals surface area contributed by atoms with Crippen LogP contribution in [0.1, 0.15) is 20.7 Å². The molecule has 0 aliphatic carbocycles. The molecule has 7 nitrogen and oxygen atoms in total. The van der Waals surface area contributed by atoms with E-state index in [1.807, 2.05) is 0 Å². The molecule has 4 aromatic rings. The van der Waals surface area contributed by atoms with Crippen LogP contribution in [0.4, 0.5) is 4.39 Å². The third kappa shape index (κ3) is 3.87. The van der Waals surface area contributed by atoms with Gasteiger partial charge in [0.15, 0.2) is 5.82 Å². The van der Waals surface area contributed by atoms with Crippen molar-refractivity contribution >= 4 is 27.7 Å². The molecule has 0 saturated heterocycles. The standard InChI is InChI=1S/C21H15BrFN5O2/c22-18-6-2-1-5-16(18)19(29)25-26-20(30)17-13-24-28(15-9-7-14(23)8-10-15)21(17)27-11-3-4-12-27/h1-13H,(H,25,29)(H,26,30). The lowest BCUT2D eigenvalue weighted by molar-refractivity contribution is 0.0846. The molecule has 0 aliphatic rings. The topological polar surface area (TPSA) is 81.0 Å². The van der Waals surface area contributed by atoms with Gasteiger partial charge < -0.3 is 4.57 Å². The third-order valence-corrected chi connectivity index (χ3v) is 5.01. The minimum absolute atomic E-state index is 0.225. The van der Waals surface area contributed by atoms with Gasteiger partial charge in [0, 0.05) is 16.9 Å². The van der Waals surface area contributed by atoms with E-state index in [1.165, 1.54) is 23.0 Å². The summed E-state index contributed by atoms with van der Waals surface area (Å²) >= 11 is 3.30. The lowest BCUT2D eigenvalue weighted by Gasteiger charge is -2.12. The van der Waals surface area contributed by atoms with Crippen molar-refractivity contribution in [1.29, 1.82) is 0 Å². The summed E-state index contributed by atoms with van der Waals surface area (Å²) in [5, 5.41) is 4.28. The van der Waals surface area contributed by atoms with Crippen molar-refractivity contribution < 1.29 is 14.0 Å². The van der Waals surface area contributed by atoms with Crippen LogP contribution >= 0.6 is 15.9 Å². The molecule has 0 bridgehead atoms. The number of amides is 2. The first-order valence-corrected chi connectivity index (χ1v) is 9.66. The average Bonchev–Trinajstić information content (AvgIpc) is 3.42. The van der Waals surface area contributed by atoms with Gasteiger partial charge in [0.05, 0.1) is 17.4 Å². The molecule has 0 atom stereocenters. The Hall–Kier alpha value is -3.72. The highest BCUT2D eigenvalue weighted by Gasteiger charge is 2.21. The molecule has 0 radical (unpaired) electrons. The van der Waals surface area contributed by atoms with E-state index in [4.69, 9.17) is 0 Å². The summed E-state index contributed by atoms with van der Waals surface area (Å²) in [6.45, 7) is 0. The van der Waals surface area contributed by atoms with Gasteiger partial charge in [-0.1, -0.05) is 12.1 Å². The number of hydrazine groups is 1. The smallest absolute Gasteiger partial charge is 0.275 e. The summed E-state index contributed by atoms with van der Waals surface area (Å²) < 4.78 is 17.1. The molecule has 9 heteroatoms. The lowest BCUT2D eigenvalue weighted by Crippen LogP contribution is -2.42. The Balaban J connectivity index is 1.62. The second-order valence-corrected chi connectivity index (χ2v) is 7.10. The Labute approximate surface area is 179 Å². The molecular weight excluding hydrogens is 453 g/mol. The minimum atomic E-state index is -0.549. The van der Waals surface area contributed by atoms with Crippen LogP contribution in [0.5, 0.6) is 0 Å². The number of nitrogens with one attached hydrogen (secondary N) is 2. The molecule has 150 valence electrons. The van der Waals surface area contributed by atoms with E-state index in [0.29, 0.717) is 21.5 Å². The first kappa shape index (κ1) is 19.6. The van der Waals surface area contributed by atoms with Crippen LogP contribution in [0.3, 0.4) is 0 Å². The predicted molar refractivity (Wildman–Crippen MR) is 112 cm³/mol. The molecule has 30 heavy (non-hydrogen) atoms. The van der Waals surface area contributed by atoms with E-state index in [-0.39, 0.29) is 11.4 Å². The second-order valence-electron chi connectivity index (χ2n) is 6.25. The first-order valence-electron chi connectivity index (χ1n) is 8.87. The van der Waals surface area contributed by atoms with Gasteiger partial charge in [0.2, 0.25) is 0 Å². The Morgan fingerprint density at radius 3 is 2.17 bits per heavy atom. The van der Waals surface area contributed by atoms with Gasteiger partial charge >= 0.3 is 0 Å². The minimum Gasteiger partial charge on any atom is -0.308 e. The lowest BCUT2D eigenvalue weighted by atomic mass is 10.2. The van der Waals surface area contributed by atoms with Gasteiger partial charge in [-0.25, -0.2) is 9.07 Å². The fraction of sp³-hybridized carbons (Fsp3) is 0. The van der Waals surface area contributed by atoms with Gasteiger partial charge in [-0.3, -0.25) is 20.4 Å². The molecule has 2 aromatic carbocycles. The molecule has 0 saturated carbocycles. The maximum absolute atomic E-state index is 13.3. The maximum atomic E-state index is 13.3. The number of benzene rings is 2. The number of nitrogens with zero attached hydrogens (tertiary/aromatic N) is 3. The zero-order valence-corrected chi connectivity index (χ0v) is 17.0. The summed E-state index contributed by atoms with van der Waals surface area (Å²) in [5.74, 6) is -0.947. The number of rotatable bonds is 4. The van der Waals surface area contributed by atoms with Gasteiger partial charge in [0.25, 0.3) is 11.8 Å². The summed E-state index contributed by atoms with van der Waals surface area (Å²) in [5.41, 5.74) is 6.00. The first-order chi connectivity index (χ1) is 14.5. The molecule has 2 heterocycles. The van der Waals surface area contributed by atoms with E-state index in [9.17, 15) is 14.0 Å². The van der Waals surface area contributed by atoms with Crippen molar-refractivity contribution in [3.63, 3.8) is 0 Å². The Bertz CT molecular complexity index is 1200. The van der Waals surface area contributed by atoms with E-state index >= 15 is 0 Å². The van der Waals surface area contributed by atoms with Crippen LogP contribution in [0, 0.1) is 5.82 Å². The average molecular weight is 468 g/mol. The van der Waals surface area contributed by atoms with Crippen molar-refractivity contribution in [3.05, 3.63) is 101 Å². The summed E-state index contributed by atoms with van der Waals surface area (Å²) in [6.07, 6.45) is 4.90. The van der Waals surface area contributed by atoms with Crippen LogP contribution < -0.4 is 10.9 Å². The summed E-state index contributed by atoms with van der Waals surface area (Å²) in [6, 6.07) is 16.2. The maximum Gasteiger partial charge on any atom is 0.275 e. The van der Waals surface area contributed by atoms with Crippen molar-refractivity contribution in [2.45, 2.75) is 0 Å². The number of aromatic nitrogens is 3. The predicted octanol–water partition coefficient (Wildman–Crippen LogP) is 3.64. The number of carbonyl (C=O) groups is 2. The fourth-order valence-corrected chi connectivity index (χ4v) is 3.36. The van der Waals surface area contributed by atoms with Gasteiger partial charge in [0.1, 0.15) is 11.4 Å². The highest BCUT2D eigenvalue weighted by Crippen LogP contribution is 2.20. The van der Waals surface area contributed by atoms with E-state index in [1.54, 1.807) is 65.5 Å². The van der Waals surface area contributed by atoms with E-state index in [2.05, 4.69) is 31.9 Å². The van der Waals surface area contributed by atoms with Crippen molar-refractivity contribution in [1.82, 2.24) is 25.2 Å². The molecule has 0 unspecified atom stereocenters. The second kappa shape index (κ2) is 8.34. The van der Waals surface area contributed by atoms with E-state index < -0.39 is 11.8 Å². The van der Waals surface area contributed by atoms with Crippen LogP contribution in [0.25, 0.3) is 11.5 Å². The highest BCUT2D eigenvalue weighted by molar-refractivity contribution is 9.10. The zero-order chi connectivity index (χ0) is 21.1. The van der Waals surface area contributed by atoms with E-state index in [0.717, 1.165) is 0 Å². The molecule has 2 aromatic heterocycles. The number of carbonyl (C=O) groups excluding carboxylic acids is 2. The number of halogens is 2. The van der Waals surface area contributed by atoms with Crippen molar-refractivity contribution in [3.8, 4) is 11.5 Å². The largest absolute Gasteiger partial charge is 0.308 e. The number of hydrogen-bond acceptors (Lipinski definition) is 3. The Morgan fingerprint density at radius 1 is 0.867 bits per heavy atom. The Kier molecular flexibility index (Phi) is 5.44.